The van der Waals surface area contributed by atoms with Crippen LogP contribution in [0.4, 0.5) is 34.1 Å². The van der Waals surface area contributed by atoms with Gasteiger partial charge in [-0.2, -0.15) is 0 Å². The highest BCUT2D eigenvalue weighted by Gasteiger charge is 2.51. The molecular weight excluding hydrogens is 951 g/mol. The Morgan fingerprint density at radius 3 is 1.53 bits per heavy atom. The average molecular weight is 1000 g/mol. The lowest BCUT2D eigenvalue weighted by Crippen LogP contribution is -2.28. The maximum atomic E-state index is 15.1. The van der Waals surface area contributed by atoms with Crippen molar-refractivity contribution < 1.29 is 9.59 Å². The Hall–Kier alpha value is -9.84. The Morgan fingerprint density at radius 2 is 0.859 bits per heavy atom. The van der Waals surface area contributed by atoms with Gasteiger partial charge >= 0.3 is 0 Å². The number of carbonyl (C=O) groups excluding carboxylic acids is 2. The second-order valence-electron chi connectivity index (χ2n) is 21.2. The summed E-state index contributed by atoms with van der Waals surface area (Å²) in [5.74, 6) is -0.242. The summed E-state index contributed by atoms with van der Waals surface area (Å²) in [5.41, 5.74) is 23.9. The maximum Gasteiger partial charge on any atom is 0.260 e. The normalized spacial score (nSPS) is 13.4. The molecule has 0 N–H and O–H groups in total. The number of carbonyl (C=O) groups is 2. The fourth-order valence-electron chi connectivity index (χ4n) is 13.1. The highest BCUT2D eigenvalue weighted by molar-refractivity contribution is 6.12. The molecule has 2 amide bonds. The van der Waals surface area contributed by atoms with Gasteiger partial charge in [0, 0.05) is 40.8 Å². The van der Waals surface area contributed by atoms with E-state index in [9.17, 15) is 4.79 Å². The van der Waals surface area contributed by atoms with E-state index in [4.69, 9.17) is 0 Å². The summed E-state index contributed by atoms with van der Waals surface area (Å²) in [5, 5.41) is 0. The lowest BCUT2D eigenvalue weighted by Gasteiger charge is -2.32. The molecule has 0 saturated carbocycles. The lowest BCUT2D eigenvalue weighted by atomic mass is 9.70. The lowest BCUT2D eigenvalue weighted by molar-refractivity contribution is -0.106. The first-order valence-corrected chi connectivity index (χ1v) is 26.7. The number of hydrogen-bond acceptors (Lipinski definition) is 3. The monoisotopic (exact) mass is 1000 g/mol. The van der Waals surface area contributed by atoms with Gasteiger partial charge in [0.2, 0.25) is 6.41 Å². The van der Waals surface area contributed by atoms with Crippen molar-refractivity contribution in [1.29, 1.82) is 0 Å². The largest absolute Gasteiger partial charge is 0.311 e. The van der Waals surface area contributed by atoms with E-state index < -0.39 is 5.41 Å². The van der Waals surface area contributed by atoms with Gasteiger partial charge in [-0.1, -0.05) is 208 Å². The topological polar surface area (TPSA) is 43.9 Å². The summed E-state index contributed by atoms with van der Waals surface area (Å²) >= 11 is 0. The Kier molecular flexibility index (Phi) is 10.9. The number of para-hydroxylation sites is 1. The Labute approximate surface area is 455 Å². The van der Waals surface area contributed by atoms with E-state index >= 15 is 4.79 Å². The highest BCUT2D eigenvalue weighted by atomic mass is 16.2. The van der Waals surface area contributed by atoms with Crippen LogP contribution in [-0.2, 0) is 15.6 Å². The van der Waals surface area contributed by atoms with Gasteiger partial charge in [-0.15, -0.1) is 0 Å². The Bertz CT molecular complexity index is 4150. The van der Waals surface area contributed by atoms with Crippen LogP contribution >= 0.6 is 0 Å². The van der Waals surface area contributed by atoms with Gasteiger partial charge in [0.05, 0.1) is 22.4 Å². The summed E-state index contributed by atoms with van der Waals surface area (Å²) in [6, 6.07) is 91.8. The Balaban J connectivity index is 0.916. The molecule has 0 atom stereocenters. The van der Waals surface area contributed by atoms with E-state index in [-0.39, 0.29) is 11.3 Å². The van der Waals surface area contributed by atoms with Crippen LogP contribution in [0.2, 0.25) is 0 Å². The minimum absolute atomic E-state index is 0.204. The zero-order valence-corrected chi connectivity index (χ0v) is 43.6. The first-order valence-electron chi connectivity index (χ1n) is 26.7. The molecule has 0 heterocycles. The van der Waals surface area contributed by atoms with Crippen LogP contribution in [0.3, 0.4) is 0 Å². The maximum absolute atomic E-state index is 15.1. The van der Waals surface area contributed by atoms with Crippen LogP contribution < -0.4 is 14.7 Å². The number of nitrogens with zero attached hydrogens (tertiary/aromatic N) is 3. The third-order valence-corrected chi connectivity index (χ3v) is 16.8. The van der Waals surface area contributed by atoms with E-state index in [1.807, 2.05) is 84.9 Å². The molecule has 11 aromatic rings. The van der Waals surface area contributed by atoms with E-state index in [2.05, 4.69) is 195 Å². The summed E-state index contributed by atoms with van der Waals surface area (Å²) in [6.07, 6.45) is 0.781. The quantitative estimate of drug-likeness (QED) is 0.128. The molecule has 3 aliphatic rings. The van der Waals surface area contributed by atoms with Gasteiger partial charge in [-0.25, -0.2) is 0 Å². The summed E-state index contributed by atoms with van der Waals surface area (Å²) in [4.78, 5) is 33.8. The molecule has 78 heavy (non-hydrogen) atoms. The van der Waals surface area contributed by atoms with Crippen LogP contribution in [0.1, 0.15) is 57.6 Å². The molecule has 3 aliphatic carbocycles. The van der Waals surface area contributed by atoms with Crippen LogP contribution in [0.25, 0.3) is 55.6 Å². The number of anilines is 6. The van der Waals surface area contributed by atoms with Crippen molar-refractivity contribution in [1.82, 2.24) is 0 Å². The van der Waals surface area contributed by atoms with Gasteiger partial charge in [0.15, 0.2) is 0 Å². The molecule has 1 spiro atoms. The van der Waals surface area contributed by atoms with Crippen molar-refractivity contribution in [3.63, 3.8) is 0 Å². The van der Waals surface area contributed by atoms with E-state index in [0.717, 1.165) is 51.4 Å². The summed E-state index contributed by atoms with van der Waals surface area (Å²) in [6.45, 7) is 4.67. The van der Waals surface area contributed by atoms with E-state index in [1.54, 1.807) is 16.8 Å². The van der Waals surface area contributed by atoms with Crippen LogP contribution in [-0.4, -0.2) is 19.4 Å². The number of amides is 2. The minimum atomic E-state index is -0.457. The second kappa shape index (κ2) is 18.2. The predicted octanol–water partition coefficient (Wildman–Crippen LogP) is 17.7. The van der Waals surface area contributed by atoms with Gasteiger partial charge in [-0.3, -0.25) is 14.5 Å². The highest BCUT2D eigenvalue weighted by Crippen LogP contribution is 2.63. The summed E-state index contributed by atoms with van der Waals surface area (Å²) in [7, 11) is 1.79. The van der Waals surface area contributed by atoms with Crippen molar-refractivity contribution in [3.05, 3.63) is 300 Å². The Morgan fingerprint density at radius 1 is 0.372 bits per heavy atom. The van der Waals surface area contributed by atoms with Crippen molar-refractivity contribution >= 4 is 46.4 Å². The molecule has 5 heteroatoms. The van der Waals surface area contributed by atoms with Crippen LogP contribution in [0.15, 0.2) is 261 Å². The standard InChI is InChI=1S/C73H53N3O2/c1-72(2)62-30-14-13-29-59(62)70-67(72)34-19-35-69(70)76(55-41-42-66-60(46-55)58-28-12-17-33-65(58)73(66)63-31-15-10-26-56(63)57-27-11-16-32-64(57)73)53-39-36-49(37-40-53)51-38-43-68(75(47-77)52-23-8-5-9-24-52)61(45-51)71(78)74(3)54-25-18-22-50(44-54)48-20-6-4-7-21-48/h4-47H,1-3H3. The minimum Gasteiger partial charge on any atom is -0.311 e. The number of benzene rings is 11. The average Bonchev–Trinajstić information content (AvgIpc) is 4.27. The third kappa shape index (κ3) is 7.01. The SMILES string of the molecule is CN(C(=O)c1cc(-c2ccc(N(c3ccc4c(c3)-c3ccccc3C43c4ccccc4-c4ccccc43)c3cccc4c3-c3ccccc3C4(C)C)cc2)ccc1N(C=O)c1ccccc1)c1cccc(-c2ccccc2)c1. The summed E-state index contributed by atoms with van der Waals surface area (Å²) < 4.78 is 0. The molecule has 0 fully saturated rings. The smallest absolute Gasteiger partial charge is 0.260 e. The van der Waals surface area contributed by atoms with Gasteiger partial charge < -0.3 is 9.80 Å². The van der Waals surface area contributed by atoms with Gasteiger partial charge in [0.25, 0.3) is 5.91 Å². The first-order chi connectivity index (χ1) is 38.2. The van der Waals surface area contributed by atoms with Gasteiger partial charge in [-0.05, 0) is 150 Å². The molecule has 0 bridgehead atoms. The van der Waals surface area contributed by atoms with Crippen molar-refractivity contribution in [2.75, 3.05) is 21.7 Å². The number of fused-ring (bicyclic) bond motifs is 13. The fourth-order valence-corrected chi connectivity index (χ4v) is 13.1. The first kappa shape index (κ1) is 46.7. The molecule has 14 rings (SSSR count). The molecular formula is C73H53N3O2. The van der Waals surface area contributed by atoms with E-state index in [0.29, 0.717) is 16.9 Å². The van der Waals surface area contributed by atoms with E-state index in [1.165, 1.54) is 66.8 Å². The zero-order chi connectivity index (χ0) is 52.7. The second-order valence-corrected chi connectivity index (χ2v) is 21.2. The predicted molar refractivity (Wildman–Crippen MR) is 320 cm³/mol. The molecule has 372 valence electrons. The molecule has 5 nitrogen and oxygen atoms in total. The third-order valence-electron chi connectivity index (χ3n) is 16.8. The molecule has 0 radical (unpaired) electrons. The zero-order valence-electron chi connectivity index (χ0n) is 43.6. The van der Waals surface area contributed by atoms with Crippen LogP contribution in [0.5, 0.6) is 0 Å². The van der Waals surface area contributed by atoms with Crippen molar-refractivity contribution in [2.24, 2.45) is 0 Å². The molecule has 0 saturated heterocycles. The molecule has 0 unspecified atom stereocenters. The van der Waals surface area contributed by atoms with Crippen molar-refractivity contribution in [3.8, 4) is 55.6 Å². The molecule has 0 aromatic heterocycles. The fraction of sp³-hybridized carbons (Fsp3) is 0.0685. The number of hydrogen-bond donors (Lipinski definition) is 0. The number of rotatable bonds is 10. The molecule has 11 aromatic carbocycles. The van der Waals surface area contributed by atoms with Crippen LogP contribution in [0, 0.1) is 0 Å². The van der Waals surface area contributed by atoms with Gasteiger partial charge in [0.1, 0.15) is 0 Å². The molecule has 0 aliphatic heterocycles. The van der Waals surface area contributed by atoms with Crippen molar-refractivity contribution in [2.45, 2.75) is 24.7 Å².